The molecule has 0 spiro atoms. The first-order valence-corrected chi connectivity index (χ1v) is 141. The third-order valence-corrected chi connectivity index (χ3v) is 487. The van der Waals surface area contributed by atoms with E-state index in [4.69, 9.17) is 0 Å². The second kappa shape index (κ2) is 54.3. The highest BCUT2D eigenvalue weighted by Gasteiger charge is 2.63. The molecular weight excluding hydrogens is 2140 g/mol. The maximum absolute atomic E-state index is 4.67. The van der Waals surface area contributed by atoms with Crippen LogP contribution in [0.15, 0.2) is 0 Å². The Morgan fingerprint density at radius 2 is 0.275 bits per heavy atom. The van der Waals surface area contributed by atoms with Crippen LogP contribution in [-0.4, -0.2) is 0 Å². The average Bonchev–Trinajstić information content (AvgIpc) is 3.12. The maximum Gasteiger partial charge on any atom is -0.00000843 e. The van der Waals surface area contributed by atoms with E-state index in [1.165, 1.54) is 0 Å². The predicted molar refractivity (Wildman–Crippen MR) is 574 cm³/mol. The minimum atomic E-state index is -0.377. The highest BCUT2D eigenvalue weighted by atomic mass is 33.6. The summed E-state index contributed by atoms with van der Waals surface area (Å²) in [5.74, 6) is 0. The molecule has 0 fully saturated rings. The second-order valence-corrected chi connectivity index (χ2v) is 293. The van der Waals surface area contributed by atoms with Crippen LogP contribution in [0.1, 0.15) is 0 Å². The monoisotopic (exact) mass is 2210 g/mol. The molecule has 414 valence electrons. The van der Waals surface area contributed by atoms with Gasteiger partial charge in [0.25, 0.3) is 0 Å². The van der Waals surface area contributed by atoms with Gasteiger partial charge in [0.2, 0.25) is 0 Å². The lowest BCUT2D eigenvalue weighted by molar-refractivity contribution is 4.32. The largest absolute Gasteiger partial charge is 0.102 e. The molecular formula is H69P69. The van der Waals surface area contributed by atoms with Crippen molar-refractivity contribution < 1.29 is 0 Å². The van der Waals surface area contributed by atoms with E-state index in [1.807, 2.05) is 0 Å². The van der Waals surface area contributed by atoms with E-state index < -0.39 is 0 Å². The molecule has 0 rings (SSSR count). The molecule has 0 aromatic carbocycles. The molecule has 0 aliphatic carbocycles. The van der Waals surface area contributed by atoms with Crippen LogP contribution in [0.3, 0.4) is 0 Å². The molecule has 0 heterocycles. The fourth-order valence-electron chi connectivity index (χ4n) is 4.13. The highest BCUT2D eigenvalue weighted by Crippen LogP contribution is 3.50. The van der Waals surface area contributed by atoms with Gasteiger partial charge in [-0.25, -0.2) is 0 Å². The van der Waals surface area contributed by atoms with Crippen LogP contribution in [0.4, 0.5) is 0 Å². The van der Waals surface area contributed by atoms with E-state index in [0.717, 1.165) is 7.96 Å². The standard InChI is InChI=1S/H69P69/c1-36-54(37(2)3)63(55(38(4)5)39(6)7)67(62(52(32)33)53(34)35)69(66(60(48(24)25)49(26)27)61(50(28)29)51(30)31)68(64(56(40(8)9)41(10)11)57(42(12)13)43(14)15)65(58(44(16)17)45(18)19)59(46(20)21)47(22)23/h1-2,36H,3-35H2. The Morgan fingerprint density at radius 3 is 0.377 bits per heavy atom. The summed E-state index contributed by atoms with van der Waals surface area (Å²) in [5, 5.41) is 0. The molecule has 0 aliphatic heterocycles. The van der Waals surface area contributed by atoms with E-state index in [2.05, 4.69) is 312 Å². The maximum atomic E-state index is 4.67. The third kappa shape index (κ3) is 35.1. The lowest BCUT2D eigenvalue weighted by Gasteiger charge is -2.61. The van der Waals surface area contributed by atoms with Gasteiger partial charge in [-0.05, 0) is 231 Å². The summed E-state index contributed by atoms with van der Waals surface area (Å²) in [7, 11) is 129. The molecule has 0 nitrogen and oxygen atoms in total. The zero-order chi connectivity index (χ0) is 54.8. The highest BCUT2D eigenvalue weighted by molar-refractivity contribution is 9.56. The van der Waals surface area contributed by atoms with Crippen LogP contribution >= 0.6 is 551 Å². The van der Waals surface area contributed by atoms with Crippen molar-refractivity contribution in [3.63, 3.8) is 0 Å². The summed E-state index contributed by atoms with van der Waals surface area (Å²) in [4.78, 5) is 0. The van der Waals surface area contributed by atoms with E-state index in [1.54, 1.807) is 0 Å². The Morgan fingerprint density at radius 1 is 0.174 bits per heavy atom. The van der Waals surface area contributed by atoms with Gasteiger partial charge in [0.05, 0.1) is 0 Å². The smallest absolute Gasteiger partial charge is 0.00000843 e. The van der Waals surface area contributed by atoms with Gasteiger partial charge in [-0.3, -0.25) is 0 Å². The molecule has 2 radical (unpaired) electrons. The second-order valence-electron chi connectivity index (χ2n) is 10.9. The van der Waals surface area contributed by atoms with Gasteiger partial charge < -0.3 is 0 Å². The summed E-state index contributed by atoms with van der Waals surface area (Å²) < 4.78 is 0. The van der Waals surface area contributed by atoms with E-state index in [-0.39, 0.29) is 231 Å². The predicted octanol–water partition coefficient (Wildman–Crippen LogP) is 41.0. The van der Waals surface area contributed by atoms with Crippen molar-refractivity contribution >= 4 is 551 Å². The minimum absolute atomic E-state index is 0.238. The van der Waals surface area contributed by atoms with Gasteiger partial charge in [0.15, 0.2) is 0 Å². The van der Waals surface area contributed by atoms with Crippen LogP contribution in [0, 0.1) is 0 Å². The summed E-state index contributed by atoms with van der Waals surface area (Å²) in [6, 6.07) is 0. The normalized spacial score (nSPS) is 16.3. The Kier molecular flexibility index (Phi) is 77.6. The molecule has 0 saturated heterocycles. The topological polar surface area (TPSA) is 0 Å². The van der Waals surface area contributed by atoms with E-state index in [0.29, 0.717) is 0 Å². The molecule has 69 heavy (non-hydrogen) atoms. The molecule has 69 heteroatoms. The first-order valence-electron chi connectivity index (χ1n) is 15.6. The quantitative estimate of drug-likeness (QED) is 0.0575. The van der Waals surface area contributed by atoms with Crippen molar-refractivity contribution in [2.24, 2.45) is 0 Å². The molecule has 0 aliphatic rings. The SMILES string of the molecule is [PH]PP(P([PH])P)P(P(P(P)P)P(P)P)P(P(P(P)P)P(P)P)P(P(P(P(P)P)P(P)P)P(P(P)P)P(P)P)P(P(P(P(P)P)P(P)P)P(P(P)P)P(P)P)P(P(P(P)P)P(P)P)P(P(P)P)P(P)P. The van der Waals surface area contributed by atoms with Gasteiger partial charge in [-0.1, -0.05) is 25.8 Å². The van der Waals surface area contributed by atoms with Crippen molar-refractivity contribution in [3.05, 3.63) is 0 Å². The molecule has 0 saturated carbocycles. The van der Waals surface area contributed by atoms with Gasteiger partial charge in [-0.15, -0.1) is 295 Å². The van der Waals surface area contributed by atoms with E-state index >= 15 is 0 Å². The Labute approximate surface area is 542 Å². The van der Waals surface area contributed by atoms with Crippen molar-refractivity contribution in [1.29, 1.82) is 0 Å². The summed E-state index contributed by atoms with van der Waals surface area (Å²) in [5.41, 5.74) is 0. The Balaban J connectivity index is 11.6. The molecule has 0 aromatic heterocycles. The van der Waals surface area contributed by atoms with Crippen LogP contribution < -0.4 is 0 Å². The Bertz CT molecular complexity index is 1130. The minimum Gasteiger partial charge on any atom is -0.102 e. The van der Waals surface area contributed by atoms with Crippen LogP contribution in [0.5, 0.6) is 0 Å². The lowest BCUT2D eigenvalue weighted by Crippen LogP contribution is -1.74. The van der Waals surface area contributed by atoms with Crippen molar-refractivity contribution in [2.45, 2.75) is 0 Å². The molecule has 39 unspecified atom stereocenters. The van der Waals surface area contributed by atoms with Crippen LogP contribution in [0.2, 0.25) is 0 Å². The summed E-state index contributed by atoms with van der Waals surface area (Å²) in [6.45, 7) is -9.81. The lowest BCUT2D eigenvalue weighted by atomic mass is 28.4. The number of hydrogen-bond donors (Lipinski definition) is 0. The molecule has 0 aromatic rings. The summed E-state index contributed by atoms with van der Waals surface area (Å²) >= 11 is 0. The zero-order valence-corrected chi connectivity index (χ0v) is 106. The van der Waals surface area contributed by atoms with Crippen LogP contribution in [0.25, 0.3) is 0 Å². The zero-order valence-electron chi connectivity index (χ0n) is 35.3. The fourth-order valence-corrected chi connectivity index (χ4v) is 1000. The third-order valence-electron chi connectivity index (χ3n) is 6.02. The van der Waals surface area contributed by atoms with Crippen LogP contribution in [-0.2, 0) is 0 Å². The molecule has 0 N–H and O–H groups in total. The number of hydrogen-bond acceptors (Lipinski definition) is 0. The average molecular weight is 2210 g/mol. The van der Waals surface area contributed by atoms with Gasteiger partial charge in [-0.2, -0.15) is 0 Å². The fraction of sp³-hybridized carbons (Fsp3) is 0. The first kappa shape index (κ1) is 98.7. The van der Waals surface area contributed by atoms with Gasteiger partial charge in [0, 0.05) is 0 Å². The van der Waals surface area contributed by atoms with Gasteiger partial charge >= 0.3 is 0 Å². The summed E-state index contributed by atoms with van der Waals surface area (Å²) in [6.07, 6.45) is 0. The number of rotatable bonds is 33. The van der Waals surface area contributed by atoms with E-state index in [9.17, 15) is 0 Å². The molecule has 0 bridgehead atoms. The van der Waals surface area contributed by atoms with Crippen molar-refractivity contribution in [2.75, 3.05) is 0 Å². The van der Waals surface area contributed by atoms with Crippen molar-refractivity contribution in [3.8, 4) is 0 Å². The van der Waals surface area contributed by atoms with Gasteiger partial charge in [0.1, 0.15) is 0 Å². The first-order chi connectivity index (χ1) is 31.4. The van der Waals surface area contributed by atoms with Crippen molar-refractivity contribution in [1.82, 2.24) is 0 Å². The Hall–Kier alpha value is 29.7. The molecule has 0 amide bonds. The molecule has 39 atom stereocenters.